The molecule has 0 aliphatic heterocycles. The van der Waals surface area contributed by atoms with Crippen LogP contribution in [0.25, 0.3) is 11.2 Å². The van der Waals surface area contributed by atoms with Crippen LogP contribution in [-0.2, 0) is 15.6 Å². The van der Waals surface area contributed by atoms with E-state index in [9.17, 15) is 13.5 Å². The smallest absolute Gasteiger partial charge is 0.184 e. The Balaban J connectivity index is 0.00000289. The van der Waals surface area contributed by atoms with Gasteiger partial charge in [-0.25, -0.2) is 23.4 Å². The quantitative estimate of drug-likeness (QED) is 0.373. The monoisotopic (exact) mass is 453 g/mol. The summed E-state index contributed by atoms with van der Waals surface area (Å²) in [6.07, 6.45) is 1.57. The summed E-state index contributed by atoms with van der Waals surface area (Å²) in [6.45, 7) is 0. The normalized spacial score (nSPS) is 11.0. The van der Waals surface area contributed by atoms with Crippen molar-refractivity contribution in [1.29, 1.82) is 0 Å². The number of hydrogen-bond donors (Lipinski definition) is 3. The van der Waals surface area contributed by atoms with Crippen LogP contribution in [0.4, 0.5) is 17.2 Å². The number of fused-ring (bicyclic) bond motifs is 1. The van der Waals surface area contributed by atoms with Crippen LogP contribution in [0.5, 0.6) is 11.5 Å². The standard InChI is InChI=1S/C21H19N5O4S.CH4/c1-30-16-10-14(9-15(27)11-16)24-21-19(25-18-6-3-7-23-20(18)26-21)12-31(28,29)17-5-2-4-13(22)8-17;/h2-11,27H,12,22H2,1H3,(H,23,24,26);1H4. The Hall–Kier alpha value is -3.92. The molecule has 0 saturated carbocycles. The maximum Gasteiger partial charge on any atom is 0.184 e. The summed E-state index contributed by atoms with van der Waals surface area (Å²) in [6, 6.07) is 14.0. The maximum absolute atomic E-state index is 13.0. The Labute approximate surface area is 185 Å². The summed E-state index contributed by atoms with van der Waals surface area (Å²) in [4.78, 5) is 13.2. The molecule has 2 aromatic heterocycles. The molecule has 166 valence electrons. The van der Waals surface area contributed by atoms with Crippen LogP contribution < -0.4 is 15.8 Å². The van der Waals surface area contributed by atoms with Crippen LogP contribution in [-0.4, -0.2) is 35.6 Å². The number of nitrogens with zero attached hydrogens (tertiary/aromatic N) is 3. The molecule has 0 aliphatic rings. The second-order valence-corrected chi connectivity index (χ2v) is 8.73. The van der Waals surface area contributed by atoms with Crippen molar-refractivity contribution in [1.82, 2.24) is 15.0 Å². The number of phenolic OH excluding ortho intramolecular Hbond substituents is 1. The number of sulfone groups is 1. The van der Waals surface area contributed by atoms with Crippen LogP contribution in [0.3, 0.4) is 0 Å². The second kappa shape index (κ2) is 9.06. The molecule has 4 aromatic rings. The molecule has 10 heteroatoms. The molecule has 0 amide bonds. The number of phenols is 1. The van der Waals surface area contributed by atoms with Gasteiger partial charge in [-0.3, -0.25) is 0 Å². The molecule has 0 saturated heterocycles. The minimum atomic E-state index is -3.76. The van der Waals surface area contributed by atoms with Gasteiger partial charge in [0.15, 0.2) is 21.3 Å². The molecular weight excluding hydrogens is 430 g/mol. The van der Waals surface area contributed by atoms with E-state index in [1.165, 1.54) is 31.4 Å². The summed E-state index contributed by atoms with van der Waals surface area (Å²) < 4.78 is 31.2. The van der Waals surface area contributed by atoms with E-state index in [-0.39, 0.29) is 29.6 Å². The fourth-order valence-electron chi connectivity index (χ4n) is 3.01. The summed E-state index contributed by atoms with van der Waals surface area (Å²) in [5.74, 6) is 0.185. The third-order valence-corrected chi connectivity index (χ3v) is 6.07. The summed E-state index contributed by atoms with van der Waals surface area (Å²) in [5, 5.41) is 13.0. The minimum Gasteiger partial charge on any atom is -0.508 e. The zero-order chi connectivity index (χ0) is 22.0. The summed E-state index contributed by atoms with van der Waals surface area (Å²) >= 11 is 0. The Morgan fingerprint density at radius 2 is 1.91 bits per heavy atom. The van der Waals surface area contributed by atoms with Gasteiger partial charge in [-0.05, 0) is 30.3 Å². The number of aromatic hydroxyl groups is 1. The zero-order valence-corrected chi connectivity index (χ0v) is 17.3. The molecule has 4 rings (SSSR count). The molecule has 32 heavy (non-hydrogen) atoms. The summed E-state index contributed by atoms with van der Waals surface area (Å²) in [7, 11) is -2.28. The lowest BCUT2D eigenvalue weighted by molar-refractivity contribution is 0.408. The molecule has 0 aliphatic carbocycles. The van der Waals surface area contributed by atoms with Crippen LogP contribution in [0.2, 0.25) is 0 Å². The van der Waals surface area contributed by atoms with Crippen LogP contribution in [0.15, 0.2) is 65.7 Å². The van der Waals surface area contributed by atoms with Gasteiger partial charge >= 0.3 is 0 Å². The first-order valence-electron chi connectivity index (χ1n) is 9.19. The van der Waals surface area contributed by atoms with Gasteiger partial charge in [-0.15, -0.1) is 0 Å². The van der Waals surface area contributed by atoms with Gasteiger partial charge in [0.25, 0.3) is 0 Å². The van der Waals surface area contributed by atoms with E-state index in [0.717, 1.165) is 0 Å². The number of ether oxygens (including phenoxy) is 1. The highest BCUT2D eigenvalue weighted by Gasteiger charge is 2.21. The molecule has 0 fully saturated rings. The van der Waals surface area contributed by atoms with Gasteiger partial charge in [-0.1, -0.05) is 13.5 Å². The van der Waals surface area contributed by atoms with Crippen LogP contribution in [0, 0.1) is 0 Å². The molecule has 0 spiro atoms. The van der Waals surface area contributed by atoms with Gasteiger partial charge in [0.2, 0.25) is 0 Å². The van der Waals surface area contributed by atoms with Crippen molar-refractivity contribution >= 4 is 38.2 Å². The number of pyridine rings is 1. The molecule has 2 aromatic carbocycles. The Kier molecular flexibility index (Phi) is 6.45. The number of methoxy groups -OCH3 is 1. The molecule has 9 nitrogen and oxygen atoms in total. The molecular formula is C22H23N5O4S. The first-order chi connectivity index (χ1) is 14.8. The van der Waals surface area contributed by atoms with E-state index >= 15 is 0 Å². The van der Waals surface area contributed by atoms with E-state index in [1.54, 1.807) is 36.5 Å². The van der Waals surface area contributed by atoms with Crippen molar-refractivity contribution in [2.75, 3.05) is 18.2 Å². The predicted molar refractivity (Wildman–Crippen MR) is 124 cm³/mol. The average Bonchev–Trinajstić information content (AvgIpc) is 2.73. The van der Waals surface area contributed by atoms with Crippen molar-refractivity contribution in [3.05, 3.63) is 66.5 Å². The number of rotatable bonds is 6. The Bertz CT molecular complexity index is 1380. The van der Waals surface area contributed by atoms with Crippen molar-refractivity contribution < 1.29 is 18.3 Å². The number of nitrogens with two attached hydrogens (primary N) is 1. The van der Waals surface area contributed by atoms with Gasteiger partial charge in [0, 0.05) is 35.8 Å². The van der Waals surface area contributed by atoms with Gasteiger partial charge in [0.1, 0.15) is 22.8 Å². The first kappa shape index (κ1) is 22.8. The van der Waals surface area contributed by atoms with Crippen molar-refractivity contribution in [2.24, 2.45) is 0 Å². The van der Waals surface area contributed by atoms with Crippen molar-refractivity contribution in [2.45, 2.75) is 18.1 Å². The Morgan fingerprint density at radius 1 is 1.09 bits per heavy atom. The number of nitrogen functional groups attached to an aromatic ring is 1. The highest BCUT2D eigenvalue weighted by atomic mass is 32.2. The van der Waals surface area contributed by atoms with E-state index in [0.29, 0.717) is 28.3 Å². The molecule has 0 bridgehead atoms. The number of aromatic nitrogens is 3. The van der Waals surface area contributed by atoms with Gasteiger partial charge in [-0.2, -0.15) is 0 Å². The molecule has 2 heterocycles. The topological polar surface area (TPSA) is 140 Å². The van der Waals surface area contributed by atoms with E-state index in [2.05, 4.69) is 20.3 Å². The van der Waals surface area contributed by atoms with Crippen molar-refractivity contribution in [3.63, 3.8) is 0 Å². The Morgan fingerprint density at radius 3 is 2.66 bits per heavy atom. The largest absolute Gasteiger partial charge is 0.508 e. The third-order valence-electron chi connectivity index (χ3n) is 4.45. The fourth-order valence-corrected chi connectivity index (χ4v) is 4.34. The fraction of sp³-hybridized carbons (Fsp3) is 0.136. The van der Waals surface area contributed by atoms with Crippen LogP contribution in [0.1, 0.15) is 13.1 Å². The first-order valence-corrected chi connectivity index (χ1v) is 10.8. The van der Waals surface area contributed by atoms with Gasteiger partial charge in [0.05, 0.1) is 17.7 Å². The van der Waals surface area contributed by atoms with Crippen molar-refractivity contribution in [3.8, 4) is 11.5 Å². The lowest BCUT2D eigenvalue weighted by atomic mass is 10.2. The number of hydrogen-bond acceptors (Lipinski definition) is 9. The van der Waals surface area contributed by atoms with E-state index < -0.39 is 15.6 Å². The molecule has 4 N–H and O–H groups in total. The molecule has 0 radical (unpaired) electrons. The lowest BCUT2D eigenvalue weighted by Crippen LogP contribution is -2.11. The van der Waals surface area contributed by atoms with E-state index in [1.807, 2.05) is 0 Å². The number of anilines is 3. The lowest BCUT2D eigenvalue weighted by Gasteiger charge is -2.13. The SMILES string of the molecule is C.COc1cc(O)cc(Nc2nc3ncccc3nc2CS(=O)(=O)c2cccc(N)c2)c1. The molecule has 0 atom stereocenters. The summed E-state index contributed by atoms with van der Waals surface area (Å²) in [5.41, 5.74) is 7.55. The molecule has 0 unspecified atom stereocenters. The second-order valence-electron chi connectivity index (χ2n) is 6.74. The highest BCUT2D eigenvalue weighted by Crippen LogP contribution is 2.29. The van der Waals surface area contributed by atoms with Gasteiger partial charge < -0.3 is 20.9 Å². The third kappa shape index (κ3) is 4.86. The minimum absolute atomic E-state index is 0. The van der Waals surface area contributed by atoms with E-state index in [4.69, 9.17) is 10.5 Å². The number of benzene rings is 2. The predicted octanol–water partition coefficient (Wildman–Crippen LogP) is 3.67. The zero-order valence-electron chi connectivity index (χ0n) is 16.5. The highest BCUT2D eigenvalue weighted by molar-refractivity contribution is 7.90. The van der Waals surface area contributed by atoms with Crippen LogP contribution >= 0.6 is 0 Å². The average molecular weight is 454 g/mol. The maximum atomic E-state index is 13.0. The number of nitrogens with one attached hydrogen (secondary N) is 1.